The van der Waals surface area contributed by atoms with Gasteiger partial charge in [0.25, 0.3) is 17.3 Å². The number of likely N-dealkylation sites (N-methyl/N-ethyl adjacent to an activating group) is 2. The van der Waals surface area contributed by atoms with Crippen molar-refractivity contribution >= 4 is 98.4 Å². The minimum absolute atomic E-state index is 0.0188. The van der Waals surface area contributed by atoms with Crippen LogP contribution < -0.4 is 16.4 Å². The molecule has 0 spiro atoms. The second-order valence-corrected chi connectivity index (χ2v) is 24.5. The highest BCUT2D eigenvalue weighted by Crippen LogP contribution is 2.46. The molecule has 11 rings (SSSR count). The van der Waals surface area contributed by atoms with E-state index in [1.54, 1.807) is 46.7 Å². The summed E-state index contributed by atoms with van der Waals surface area (Å²) in [5, 5.41) is 44.5. The average molecular weight is 1460 g/mol. The summed E-state index contributed by atoms with van der Waals surface area (Å²) >= 11 is 3.64. The minimum atomic E-state index is -1.17. The summed E-state index contributed by atoms with van der Waals surface area (Å²) in [5.74, 6) is -2.16. The van der Waals surface area contributed by atoms with Crippen LogP contribution in [-0.2, 0) is 23.9 Å². The van der Waals surface area contributed by atoms with Crippen molar-refractivity contribution in [1.82, 2.24) is 25.3 Å². The van der Waals surface area contributed by atoms with Gasteiger partial charge in [-0.2, -0.15) is 0 Å². The molecule has 90 heavy (non-hydrogen) atoms. The number of hydrogen-bond donors (Lipinski definition) is 5. The molecule has 6 N–H and O–H groups in total. The number of carboxylic acid groups (broad SMARTS) is 2. The van der Waals surface area contributed by atoms with Crippen LogP contribution in [0.5, 0.6) is 0 Å². The predicted molar refractivity (Wildman–Crippen MR) is 352 cm³/mol. The number of nitrogens with two attached hydrogens (primary N) is 1. The van der Waals surface area contributed by atoms with Crippen molar-refractivity contribution < 1.29 is 63.1 Å². The number of aromatic carboxylic acids is 1. The van der Waals surface area contributed by atoms with Crippen LogP contribution in [0.25, 0.3) is 22.3 Å². The first-order valence-corrected chi connectivity index (χ1v) is 31.1. The molecule has 474 valence electrons. The maximum atomic E-state index is 12.7. The summed E-state index contributed by atoms with van der Waals surface area (Å²) in [5.41, 5.74) is 13.8. The number of nitro groups is 2. The Morgan fingerprint density at radius 2 is 0.844 bits per heavy atom. The summed E-state index contributed by atoms with van der Waals surface area (Å²) in [6.45, 7) is 7.90. The van der Waals surface area contributed by atoms with E-state index in [-0.39, 0.29) is 83.0 Å². The van der Waals surface area contributed by atoms with E-state index >= 15 is 0 Å². The van der Waals surface area contributed by atoms with Gasteiger partial charge in [0, 0.05) is 63.3 Å². The van der Waals surface area contributed by atoms with Gasteiger partial charge in [-0.15, -0.1) is 0 Å². The monoisotopic (exact) mass is 1460 g/mol. The number of rotatable bonds is 11. The predicted octanol–water partition coefficient (Wildman–Crippen LogP) is 10.4. The molecule has 3 heterocycles. The van der Waals surface area contributed by atoms with E-state index in [9.17, 15) is 58.9 Å². The largest absolute Gasteiger partial charge is 0.480 e. The van der Waals surface area contributed by atoms with E-state index in [0.29, 0.717) is 46.0 Å². The molecule has 6 aromatic rings. The molecule has 0 bridgehead atoms. The van der Waals surface area contributed by atoms with E-state index in [1.807, 2.05) is 91.9 Å². The van der Waals surface area contributed by atoms with Gasteiger partial charge in [-0.3, -0.25) is 44.4 Å². The highest BCUT2D eigenvalue weighted by Gasteiger charge is 2.42. The third kappa shape index (κ3) is 15.9. The Morgan fingerprint density at radius 3 is 1.20 bits per heavy atom. The third-order valence-corrected chi connectivity index (χ3v) is 17.9. The smallest absolute Gasteiger partial charge is 0.410 e. The first-order chi connectivity index (χ1) is 43.0. The van der Waals surface area contributed by atoms with Gasteiger partial charge in [0.2, 0.25) is 11.8 Å². The minimum Gasteiger partial charge on any atom is -0.480 e. The van der Waals surface area contributed by atoms with E-state index in [0.717, 1.165) is 17.2 Å². The maximum Gasteiger partial charge on any atom is 0.410 e. The molecular formula is C65H70I2N8O15. The number of carbonyl (C=O) groups is 7. The lowest BCUT2D eigenvalue weighted by atomic mass is 9.98. The lowest BCUT2D eigenvalue weighted by Crippen LogP contribution is -2.45. The van der Waals surface area contributed by atoms with Gasteiger partial charge in [-0.05, 0) is 158 Å². The molecule has 23 nitrogen and oxygen atoms in total. The lowest BCUT2D eigenvalue weighted by molar-refractivity contribution is -0.386. The van der Waals surface area contributed by atoms with Crippen LogP contribution in [0, 0.1) is 45.1 Å². The second kappa shape index (κ2) is 31.2. The number of likely N-dealkylation sites (tertiary alicyclic amines) is 3. The molecule has 25 heteroatoms. The van der Waals surface area contributed by atoms with Crippen molar-refractivity contribution in [3.63, 3.8) is 0 Å². The zero-order chi connectivity index (χ0) is 65.7. The Bertz CT molecular complexity index is 3590. The fourth-order valence-electron chi connectivity index (χ4n) is 11.9. The Labute approximate surface area is 547 Å². The van der Waals surface area contributed by atoms with Gasteiger partial charge in [-0.1, -0.05) is 118 Å². The number of nitrogens with one attached hydrogen (secondary N) is 2. The number of nitrogens with zero attached hydrogens (tertiary/aromatic N) is 5. The van der Waals surface area contributed by atoms with Gasteiger partial charge >= 0.3 is 24.1 Å². The summed E-state index contributed by atoms with van der Waals surface area (Å²) in [6, 6.07) is 39.2. The molecule has 3 fully saturated rings. The zero-order valence-electron chi connectivity index (χ0n) is 50.2. The van der Waals surface area contributed by atoms with E-state index in [2.05, 4.69) is 64.9 Å². The second-order valence-electron chi connectivity index (χ2n) is 22.2. The lowest BCUT2D eigenvalue weighted by Gasteiger charge is -2.24. The first kappa shape index (κ1) is 68.9. The number of carboxylic acids is 2. The molecule has 6 aromatic carbocycles. The molecule has 0 aromatic heterocycles. The number of fused-ring (bicyclic) bond motifs is 6. The van der Waals surface area contributed by atoms with Crippen molar-refractivity contribution in [2.75, 3.05) is 54.0 Å². The van der Waals surface area contributed by atoms with Gasteiger partial charge in [-0.25, -0.2) is 19.2 Å². The Hall–Kier alpha value is -8.57. The Kier molecular flexibility index (Phi) is 23.9. The van der Waals surface area contributed by atoms with E-state index in [4.69, 9.17) is 14.6 Å². The van der Waals surface area contributed by atoms with Gasteiger partial charge < -0.3 is 41.0 Å². The normalized spacial score (nSPS) is 19.0. The standard InChI is InChI=1S/C22H24N2O3.C21H21NO4.C14H16IN3O4.C7H4INO4.CH5N/c1-14-11-20(21(25)23-2)24(12-14)22(26)27-13-19-17-9-5-3-7-15(17)16-8-4-6-10-18(16)19;1-13-10-19(20(23)24)22(11-13)21(25)26-12-18-16-8-4-2-6-14(16)15-7-3-5-9-17(15)18;1-8-5-12(13(19)16-2)17(7-8)14(20)9-3-4-10(15)11(6-9)18(21)22;8-5-2-1-4(7(10)11)3-6(5)9(12)13;1-2/h3-10,14,19-20H,11-13H2,1-2H3,(H,23,25);2-9,13,18-19H,10-12H2,1H3,(H,23,24);3-4,6,8,12H,5,7H2,1-2H3,(H,16,19);1-3H,(H,10,11);2H2,1H3/t14-,20?;13-,19+;8-,12?;;/m010../s1. The number of nitro benzene ring substituents is 2. The van der Waals surface area contributed by atoms with Crippen LogP contribution >= 0.6 is 45.2 Å². The SMILES string of the molecule is CN.CNC(=O)C1C[C@H](C)CN1C(=O)OCC1c2ccccc2-c2ccccc21.CNC(=O)C1C[C@H](C)CN1C(=O)c1ccc(I)c([N+](=O)[O-])c1.C[C@@H]1C[C@@H](C(=O)O)N(C(=O)OCC2c3ccccc3-c3ccccc32)C1.O=C(O)c1ccc(I)c([N+](=O)[O-])c1. The number of benzene rings is 6. The maximum absolute atomic E-state index is 12.7. The van der Waals surface area contributed by atoms with Crippen LogP contribution in [0.2, 0.25) is 0 Å². The Morgan fingerprint density at radius 1 is 0.522 bits per heavy atom. The highest BCUT2D eigenvalue weighted by molar-refractivity contribution is 14.1. The molecule has 3 saturated heterocycles. The van der Waals surface area contributed by atoms with Crippen molar-refractivity contribution in [3.05, 3.63) is 194 Å². The number of hydrogen-bond acceptors (Lipinski definition) is 14. The number of halogens is 2. The van der Waals surface area contributed by atoms with Crippen LogP contribution in [0.1, 0.15) is 94.8 Å². The summed E-state index contributed by atoms with van der Waals surface area (Å²) in [7, 11) is 4.63. The Balaban J connectivity index is 0.000000174. The zero-order valence-corrected chi connectivity index (χ0v) is 54.6. The van der Waals surface area contributed by atoms with Crippen molar-refractivity contribution in [1.29, 1.82) is 0 Å². The number of aliphatic carboxylic acids is 1. The van der Waals surface area contributed by atoms with Gasteiger partial charge in [0.05, 0.1) is 22.6 Å². The highest BCUT2D eigenvalue weighted by atomic mass is 127. The molecule has 6 atom stereocenters. The molecule has 2 unspecified atom stereocenters. The molecule has 3 aliphatic heterocycles. The van der Waals surface area contributed by atoms with Crippen molar-refractivity contribution in [2.24, 2.45) is 23.5 Å². The summed E-state index contributed by atoms with van der Waals surface area (Å²) in [4.78, 5) is 108. The van der Waals surface area contributed by atoms with Gasteiger partial charge in [0.15, 0.2) is 0 Å². The molecule has 0 radical (unpaired) electrons. The summed E-state index contributed by atoms with van der Waals surface area (Å²) in [6.07, 6.45) is 0.791. The van der Waals surface area contributed by atoms with Crippen molar-refractivity contribution in [3.8, 4) is 22.3 Å². The van der Waals surface area contributed by atoms with E-state index < -0.39 is 52.1 Å². The number of amides is 5. The molecule has 2 aliphatic carbocycles. The number of carbonyl (C=O) groups excluding carboxylic acids is 5. The van der Waals surface area contributed by atoms with Crippen LogP contribution in [0.4, 0.5) is 21.0 Å². The topological polar surface area (TPSA) is 324 Å². The van der Waals surface area contributed by atoms with Gasteiger partial charge in [0.1, 0.15) is 31.3 Å². The van der Waals surface area contributed by atoms with Crippen LogP contribution in [0.15, 0.2) is 133 Å². The number of ether oxygens (including phenoxy) is 2. The van der Waals surface area contributed by atoms with Crippen LogP contribution in [0.3, 0.4) is 0 Å². The third-order valence-electron chi connectivity index (χ3n) is 16.1. The van der Waals surface area contributed by atoms with E-state index in [1.165, 1.54) is 75.5 Å². The molecule has 5 aliphatic rings. The average Bonchev–Trinajstić information content (AvgIpc) is 1.65. The fraction of sp³-hybridized carbons (Fsp3) is 0.338. The quantitative estimate of drug-likeness (QED) is 0.0457. The molecule has 5 amide bonds. The van der Waals surface area contributed by atoms with Crippen molar-refractivity contribution in [2.45, 2.75) is 70.0 Å². The molecule has 0 saturated carbocycles. The first-order valence-electron chi connectivity index (χ1n) is 28.9. The molecular weight excluding hydrogens is 1390 g/mol. The van der Waals surface area contributed by atoms with Crippen LogP contribution in [-0.4, -0.2) is 149 Å². The summed E-state index contributed by atoms with van der Waals surface area (Å²) < 4.78 is 12.2. The fourth-order valence-corrected chi connectivity index (χ4v) is 13.0.